The van der Waals surface area contributed by atoms with E-state index >= 15 is 0 Å². The van der Waals surface area contributed by atoms with Gasteiger partial charge >= 0.3 is 0 Å². The SMILES string of the molecule is O=c1c2ccccc2n2c3ccccc3c(=O)c3cc(-c4cc5c(=O)c6ccccc6n6c7ccccc7c(=O)c(c4)c56)cc1c32. The largest absolute Gasteiger partial charge is 0.308 e. The number of rotatable bonds is 1. The first kappa shape index (κ1) is 25.0. The van der Waals surface area contributed by atoms with Crippen molar-refractivity contribution < 1.29 is 0 Å². The summed E-state index contributed by atoms with van der Waals surface area (Å²) in [7, 11) is 0. The van der Waals surface area contributed by atoms with Crippen LogP contribution in [0.15, 0.2) is 141 Å². The maximum Gasteiger partial charge on any atom is 0.197 e. The quantitative estimate of drug-likeness (QED) is 0.151. The first-order valence-corrected chi connectivity index (χ1v) is 15.0. The first-order chi connectivity index (χ1) is 22.5. The van der Waals surface area contributed by atoms with Gasteiger partial charge in [0.25, 0.3) is 0 Å². The Kier molecular flexibility index (Phi) is 4.68. The molecule has 0 fully saturated rings. The lowest BCUT2D eigenvalue weighted by Crippen LogP contribution is -2.15. The molecule has 0 bridgehead atoms. The summed E-state index contributed by atoms with van der Waals surface area (Å²) in [5.74, 6) is 0. The summed E-state index contributed by atoms with van der Waals surface area (Å²) in [5, 5.41) is 3.75. The first-order valence-electron chi connectivity index (χ1n) is 15.0. The summed E-state index contributed by atoms with van der Waals surface area (Å²) >= 11 is 0. The second-order valence-electron chi connectivity index (χ2n) is 11.9. The number of hydrogen-bond donors (Lipinski definition) is 0. The Labute approximate surface area is 257 Å². The molecule has 0 spiro atoms. The number of pyridine rings is 4. The van der Waals surface area contributed by atoms with Crippen LogP contribution in [0.5, 0.6) is 0 Å². The molecule has 6 aromatic carbocycles. The van der Waals surface area contributed by atoms with Crippen molar-refractivity contribution in [2.75, 3.05) is 0 Å². The number of fused-ring (bicyclic) bond motifs is 8. The summed E-state index contributed by atoms with van der Waals surface area (Å²) in [5.41, 5.74) is 4.43. The maximum absolute atomic E-state index is 14.1. The highest BCUT2D eigenvalue weighted by atomic mass is 16.1. The number of nitrogens with zero attached hydrogens (tertiary/aromatic N) is 2. The minimum Gasteiger partial charge on any atom is -0.308 e. The second-order valence-corrected chi connectivity index (χ2v) is 11.9. The molecule has 10 aromatic rings. The second kappa shape index (κ2) is 8.61. The average Bonchev–Trinajstić information content (AvgIpc) is 3.11. The molecule has 0 aliphatic heterocycles. The Balaban J connectivity index is 1.43. The van der Waals surface area contributed by atoms with Crippen LogP contribution in [0.3, 0.4) is 0 Å². The van der Waals surface area contributed by atoms with Gasteiger partial charge in [-0.05, 0) is 83.9 Å². The van der Waals surface area contributed by atoms with Crippen LogP contribution < -0.4 is 21.7 Å². The van der Waals surface area contributed by atoms with E-state index in [1.165, 1.54) is 0 Å². The lowest BCUT2D eigenvalue weighted by Gasteiger charge is -2.17. The topological polar surface area (TPSA) is 77.1 Å². The molecule has 4 aromatic heterocycles. The van der Waals surface area contributed by atoms with E-state index in [1.54, 1.807) is 48.5 Å². The molecule has 6 heteroatoms. The Hall–Kier alpha value is -6.40. The standard InChI is InChI=1S/C40H20N2O4/c43-37-23-9-1-5-13-31(23)41-32-14-6-2-10-24(32)38(44)28-18-21(17-27(37)35(28)41)22-19-29-36-30(20-22)40(46)26-12-4-8-16-34(26)42(36)33-15-7-3-11-25(33)39(29)45/h1-20H. The third-order valence-electron chi connectivity index (χ3n) is 9.54. The predicted octanol–water partition coefficient (Wildman–Crippen LogP) is 7.09. The fourth-order valence-electron chi connectivity index (χ4n) is 7.54. The van der Waals surface area contributed by atoms with Gasteiger partial charge in [0, 0.05) is 43.1 Å². The average molecular weight is 593 g/mol. The van der Waals surface area contributed by atoms with Gasteiger partial charge in [0.05, 0.1) is 33.1 Å². The van der Waals surface area contributed by atoms with Gasteiger partial charge < -0.3 is 8.80 Å². The van der Waals surface area contributed by atoms with Crippen LogP contribution in [-0.4, -0.2) is 8.80 Å². The number of aromatic nitrogens is 2. The van der Waals surface area contributed by atoms with Crippen LogP contribution in [-0.2, 0) is 0 Å². The third-order valence-corrected chi connectivity index (χ3v) is 9.54. The van der Waals surface area contributed by atoms with Gasteiger partial charge in [0.2, 0.25) is 0 Å². The van der Waals surface area contributed by atoms with E-state index in [4.69, 9.17) is 0 Å². The van der Waals surface area contributed by atoms with E-state index in [0.717, 1.165) is 22.1 Å². The fourth-order valence-corrected chi connectivity index (χ4v) is 7.54. The van der Waals surface area contributed by atoms with Crippen LogP contribution in [0.4, 0.5) is 0 Å². The van der Waals surface area contributed by atoms with E-state index < -0.39 is 0 Å². The van der Waals surface area contributed by atoms with Crippen molar-refractivity contribution in [3.63, 3.8) is 0 Å². The minimum atomic E-state index is -0.183. The summed E-state index contributed by atoms with van der Waals surface area (Å²) in [6.45, 7) is 0. The number of benzene rings is 6. The molecule has 214 valence electrons. The van der Waals surface area contributed by atoms with E-state index in [-0.39, 0.29) is 21.7 Å². The molecule has 4 heterocycles. The van der Waals surface area contributed by atoms with E-state index in [0.29, 0.717) is 65.3 Å². The van der Waals surface area contributed by atoms with Gasteiger partial charge in [-0.1, -0.05) is 48.5 Å². The monoisotopic (exact) mass is 592 g/mol. The lowest BCUT2D eigenvalue weighted by molar-refractivity contribution is 1.31. The van der Waals surface area contributed by atoms with E-state index in [2.05, 4.69) is 0 Å². The van der Waals surface area contributed by atoms with Crippen LogP contribution in [0, 0.1) is 0 Å². The Morgan fingerprint density at radius 1 is 0.304 bits per heavy atom. The van der Waals surface area contributed by atoms with Crippen LogP contribution >= 0.6 is 0 Å². The number of para-hydroxylation sites is 4. The molecule has 0 amide bonds. The summed E-state index contributed by atoms with van der Waals surface area (Å²) in [6.07, 6.45) is 0. The van der Waals surface area contributed by atoms with Crippen molar-refractivity contribution in [1.82, 2.24) is 8.80 Å². The van der Waals surface area contributed by atoms with Crippen molar-refractivity contribution in [2.24, 2.45) is 0 Å². The fraction of sp³-hybridized carbons (Fsp3) is 0. The molecule has 0 aliphatic rings. The molecule has 0 radical (unpaired) electrons. The van der Waals surface area contributed by atoms with Crippen LogP contribution in [0.1, 0.15) is 0 Å². The van der Waals surface area contributed by atoms with Crippen molar-refractivity contribution >= 4 is 76.2 Å². The van der Waals surface area contributed by atoms with Crippen molar-refractivity contribution in [3.05, 3.63) is 162 Å². The number of hydrogen-bond acceptors (Lipinski definition) is 4. The summed E-state index contributed by atoms with van der Waals surface area (Å²) in [6, 6.07) is 36.8. The third kappa shape index (κ3) is 3.00. The predicted molar refractivity (Wildman–Crippen MR) is 186 cm³/mol. The Morgan fingerprint density at radius 2 is 0.543 bits per heavy atom. The maximum atomic E-state index is 14.1. The van der Waals surface area contributed by atoms with E-state index in [9.17, 15) is 19.2 Å². The highest BCUT2D eigenvalue weighted by Crippen LogP contribution is 2.35. The zero-order valence-corrected chi connectivity index (χ0v) is 24.1. The summed E-state index contributed by atoms with van der Waals surface area (Å²) < 4.78 is 3.99. The Morgan fingerprint density at radius 3 is 0.804 bits per heavy atom. The van der Waals surface area contributed by atoms with Crippen LogP contribution in [0.2, 0.25) is 0 Å². The minimum absolute atomic E-state index is 0.183. The van der Waals surface area contributed by atoms with Gasteiger partial charge in [0.1, 0.15) is 0 Å². The van der Waals surface area contributed by atoms with Crippen LogP contribution in [0.25, 0.3) is 87.3 Å². The molecule has 0 saturated heterocycles. The molecular formula is C40H20N2O4. The highest BCUT2D eigenvalue weighted by Gasteiger charge is 2.21. The molecule has 0 atom stereocenters. The van der Waals surface area contributed by atoms with Crippen molar-refractivity contribution in [3.8, 4) is 11.1 Å². The molecule has 0 saturated carbocycles. The molecule has 0 aliphatic carbocycles. The normalized spacial score (nSPS) is 12.3. The highest BCUT2D eigenvalue weighted by molar-refractivity contribution is 6.12. The zero-order chi connectivity index (χ0) is 30.8. The van der Waals surface area contributed by atoms with E-state index in [1.807, 2.05) is 81.6 Å². The Bertz CT molecular complexity index is 2810. The molecule has 0 N–H and O–H groups in total. The van der Waals surface area contributed by atoms with Gasteiger partial charge in [-0.3, -0.25) is 19.2 Å². The lowest BCUT2D eigenvalue weighted by atomic mass is 9.94. The van der Waals surface area contributed by atoms with Crippen molar-refractivity contribution in [1.29, 1.82) is 0 Å². The summed E-state index contributed by atoms with van der Waals surface area (Å²) in [4.78, 5) is 56.3. The van der Waals surface area contributed by atoms with Gasteiger partial charge in [0.15, 0.2) is 21.7 Å². The molecule has 6 nitrogen and oxygen atoms in total. The molecule has 10 rings (SSSR count). The van der Waals surface area contributed by atoms with Gasteiger partial charge in [-0.15, -0.1) is 0 Å². The zero-order valence-electron chi connectivity index (χ0n) is 24.1. The van der Waals surface area contributed by atoms with Gasteiger partial charge in [-0.25, -0.2) is 0 Å². The van der Waals surface area contributed by atoms with Gasteiger partial charge in [-0.2, -0.15) is 0 Å². The smallest absolute Gasteiger partial charge is 0.197 e. The van der Waals surface area contributed by atoms with Crippen molar-refractivity contribution in [2.45, 2.75) is 0 Å². The molecular weight excluding hydrogens is 572 g/mol. The molecule has 0 unspecified atom stereocenters. The molecule has 46 heavy (non-hydrogen) atoms.